The van der Waals surface area contributed by atoms with Crippen LogP contribution in [0.15, 0.2) is 46.3 Å². The second-order valence-corrected chi connectivity index (χ2v) is 7.25. The van der Waals surface area contributed by atoms with Gasteiger partial charge in [0.1, 0.15) is 0 Å². The summed E-state index contributed by atoms with van der Waals surface area (Å²) in [7, 11) is -3.37. The normalized spacial score (nSPS) is 12.4. The molecule has 0 aliphatic carbocycles. The van der Waals surface area contributed by atoms with Crippen LogP contribution in [0.2, 0.25) is 0 Å². The van der Waals surface area contributed by atoms with Crippen LogP contribution in [0.5, 0.6) is 0 Å². The number of nitrogens with zero attached hydrogens (tertiary/aromatic N) is 1. The lowest BCUT2D eigenvalue weighted by Gasteiger charge is -2.24. The van der Waals surface area contributed by atoms with Crippen LogP contribution in [0.4, 0.5) is 0 Å². The highest BCUT2D eigenvalue weighted by molar-refractivity contribution is 7.94. The lowest BCUT2D eigenvalue weighted by Crippen LogP contribution is -2.23. The predicted molar refractivity (Wildman–Crippen MR) is 93.4 cm³/mol. The summed E-state index contributed by atoms with van der Waals surface area (Å²) in [5.41, 5.74) is 0.935. The van der Waals surface area contributed by atoms with Gasteiger partial charge in [-0.25, -0.2) is 8.42 Å². The van der Waals surface area contributed by atoms with Crippen LogP contribution in [0, 0.1) is 0 Å². The van der Waals surface area contributed by atoms with Crippen molar-refractivity contribution in [3.63, 3.8) is 0 Å². The summed E-state index contributed by atoms with van der Waals surface area (Å²) in [6, 6.07) is 8.67. The molecule has 0 atom stereocenters. The molecule has 1 rings (SSSR count). The number of allylic oxidation sites excluding steroid dienone is 1. The van der Waals surface area contributed by atoms with Crippen LogP contribution in [0.1, 0.15) is 52.9 Å². The third-order valence-corrected chi connectivity index (χ3v) is 5.33. The standard InChI is InChI=1S/C18H29NO2S/c1-4-7-8-10-13-17(19(5-2)6-3)16-22(20,21)18-14-11-9-12-15-18/h9,11-12,14-16H,4-8,10,13H2,1-3H3/b17-16+. The van der Waals surface area contributed by atoms with Crippen molar-refractivity contribution in [2.75, 3.05) is 13.1 Å². The predicted octanol–water partition coefficient (Wildman–Crippen LogP) is 4.61. The lowest BCUT2D eigenvalue weighted by molar-refractivity contribution is 0.364. The molecule has 0 fully saturated rings. The van der Waals surface area contributed by atoms with Crippen LogP contribution in [0.3, 0.4) is 0 Å². The van der Waals surface area contributed by atoms with E-state index in [1.165, 1.54) is 18.2 Å². The highest BCUT2D eigenvalue weighted by Crippen LogP contribution is 2.20. The van der Waals surface area contributed by atoms with Gasteiger partial charge >= 0.3 is 0 Å². The van der Waals surface area contributed by atoms with Gasteiger partial charge in [0, 0.05) is 18.8 Å². The smallest absolute Gasteiger partial charge is 0.201 e. The highest BCUT2D eigenvalue weighted by atomic mass is 32.2. The Morgan fingerprint density at radius 3 is 2.18 bits per heavy atom. The van der Waals surface area contributed by atoms with Gasteiger partial charge in [-0.15, -0.1) is 0 Å². The van der Waals surface area contributed by atoms with Crippen molar-refractivity contribution in [1.82, 2.24) is 4.90 Å². The van der Waals surface area contributed by atoms with Crippen LogP contribution in [0.25, 0.3) is 0 Å². The van der Waals surface area contributed by atoms with Gasteiger partial charge in [0.15, 0.2) is 0 Å². The van der Waals surface area contributed by atoms with Crippen LogP contribution in [-0.4, -0.2) is 26.4 Å². The molecule has 0 aromatic heterocycles. The fourth-order valence-corrected chi connectivity index (χ4v) is 3.81. The van der Waals surface area contributed by atoms with Crippen molar-refractivity contribution in [3.8, 4) is 0 Å². The van der Waals surface area contributed by atoms with E-state index in [2.05, 4.69) is 25.7 Å². The zero-order chi connectivity index (χ0) is 16.4. The minimum atomic E-state index is -3.37. The third-order valence-electron chi connectivity index (χ3n) is 3.82. The van der Waals surface area contributed by atoms with Gasteiger partial charge in [-0.1, -0.05) is 44.4 Å². The first kappa shape index (κ1) is 18.8. The maximum Gasteiger partial charge on any atom is 0.201 e. The molecule has 0 saturated carbocycles. The number of rotatable bonds is 10. The van der Waals surface area contributed by atoms with Gasteiger partial charge in [-0.2, -0.15) is 0 Å². The SMILES string of the molecule is CCCCCC/C(=C\S(=O)(=O)c1ccccc1)N(CC)CC. The maximum atomic E-state index is 12.6. The number of benzene rings is 1. The first-order valence-electron chi connectivity index (χ1n) is 8.30. The Balaban J connectivity index is 2.98. The van der Waals surface area contributed by atoms with E-state index in [1.807, 2.05) is 6.07 Å². The largest absolute Gasteiger partial charge is 0.375 e. The minimum absolute atomic E-state index is 0.369. The fraction of sp³-hybridized carbons (Fsp3) is 0.556. The molecule has 3 nitrogen and oxygen atoms in total. The van der Waals surface area contributed by atoms with Crippen LogP contribution >= 0.6 is 0 Å². The Labute approximate surface area is 136 Å². The molecule has 0 radical (unpaired) electrons. The quantitative estimate of drug-likeness (QED) is 0.590. The third kappa shape index (κ3) is 5.84. The Kier molecular flexibility index (Phi) is 8.25. The highest BCUT2D eigenvalue weighted by Gasteiger charge is 2.15. The molecule has 0 saturated heterocycles. The number of hydrogen-bond acceptors (Lipinski definition) is 3. The van der Waals surface area contributed by atoms with Crippen molar-refractivity contribution in [1.29, 1.82) is 0 Å². The second kappa shape index (κ2) is 9.67. The Bertz CT molecular complexity index is 546. The van der Waals surface area contributed by atoms with Crippen molar-refractivity contribution in [2.45, 2.75) is 57.8 Å². The first-order chi connectivity index (χ1) is 10.5. The van der Waals surface area contributed by atoms with E-state index in [0.29, 0.717) is 4.90 Å². The van der Waals surface area contributed by atoms with Gasteiger partial charge in [0.05, 0.1) is 10.3 Å². The minimum Gasteiger partial charge on any atom is -0.375 e. The summed E-state index contributed by atoms with van der Waals surface area (Å²) in [5.74, 6) is 0. The molecule has 0 unspecified atom stereocenters. The Morgan fingerprint density at radius 1 is 1.00 bits per heavy atom. The second-order valence-electron chi connectivity index (χ2n) is 5.45. The van der Waals surface area contributed by atoms with E-state index in [9.17, 15) is 8.42 Å². The van der Waals surface area contributed by atoms with E-state index < -0.39 is 9.84 Å². The van der Waals surface area contributed by atoms with E-state index in [0.717, 1.165) is 38.0 Å². The first-order valence-corrected chi connectivity index (χ1v) is 9.85. The monoisotopic (exact) mass is 323 g/mol. The molecule has 0 heterocycles. The summed E-state index contributed by atoms with van der Waals surface area (Å²) < 4.78 is 25.1. The van der Waals surface area contributed by atoms with E-state index in [4.69, 9.17) is 0 Å². The molecule has 0 amide bonds. The molecule has 4 heteroatoms. The molecule has 1 aromatic rings. The lowest BCUT2D eigenvalue weighted by atomic mass is 10.1. The van der Waals surface area contributed by atoms with Gasteiger partial charge < -0.3 is 4.90 Å². The van der Waals surface area contributed by atoms with Crippen molar-refractivity contribution in [3.05, 3.63) is 41.4 Å². The zero-order valence-electron chi connectivity index (χ0n) is 14.1. The number of unbranched alkanes of at least 4 members (excludes halogenated alkanes) is 3. The fourth-order valence-electron chi connectivity index (χ4n) is 2.51. The van der Waals surface area contributed by atoms with Crippen molar-refractivity contribution >= 4 is 9.84 Å². The summed E-state index contributed by atoms with van der Waals surface area (Å²) in [6.45, 7) is 7.99. The van der Waals surface area contributed by atoms with Crippen LogP contribution < -0.4 is 0 Å². The van der Waals surface area contributed by atoms with Crippen molar-refractivity contribution in [2.24, 2.45) is 0 Å². The molecule has 0 N–H and O–H groups in total. The molecular formula is C18H29NO2S. The summed E-state index contributed by atoms with van der Waals surface area (Å²) in [6.07, 6.45) is 5.41. The number of hydrogen-bond donors (Lipinski definition) is 0. The average molecular weight is 324 g/mol. The topological polar surface area (TPSA) is 37.4 Å². The molecule has 0 spiro atoms. The van der Waals surface area contributed by atoms with Gasteiger partial charge in [0.2, 0.25) is 9.84 Å². The van der Waals surface area contributed by atoms with Gasteiger partial charge in [-0.05, 0) is 38.8 Å². The maximum absolute atomic E-state index is 12.6. The van der Waals surface area contributed by atoms with Gasteiger partial charge in [-0.3, -0.25) is 0 Å². The molecule has 124 valence electrons. The molecule has 0 aliphatic rings. The molecule has 0 bridgehead atoms. The van der Waals surface area contributed by atoms with E-state index in [1.54, 1.807) is 24.3 Å². The van der Waals surface area contributed by atoms with E-state index in [-0.39, 0.29) is 0 Å². The molecular weight excluding hydrogens is 294 g/mol. The Hall–Kier alpha value is -1.29. The zero-order valence-corrected chi connectivity index (χ0v) is 14.9. The summed E-state index contributed by atoms with van der Waals surface area (Å²) in [5, 5.41) is 1.47. The number of sulfone groups is 1. The Morgan fingerprint density at radius 2 is 1.64 bits per heavy atom. The van der Waals surface area contributed by atoms with E-state index >= 15 is 0 Å². The van der Waals surface area contributed by atoms with Crippen LogP contribution in [-0.2, 0) is 9.84 Å². The summed E-state index contributed by atoms with van der Waals surface area (Å²) in [4.78, 5) is 2.51. The molecule has 1 aromatic carbocycles. The average Bonchev–Trinajstić information content (AvgIpc) is 2.53. The van der Waals surface area contributed by atoms with Gasteiger partial charge in [0.25, 0.3) is 0 Å². The molecule has 0 aliphatic heterocycles. The van der Waals surface area contributed by atoms with Crippen molar-refractivity contribution < 1.29 is 8.42 Å². The molecule has 22 heavy (non-hydrogen) atoms. The summed E-state index contributed by atoms with van der Waals surface area (Å²) >= 11 is 0.